The zero-order valence-corrected chi connectivity index (χ0v) is 11.9. The highest BCUT2D eigenvalue weighted by atomic mass is 79.9. The first-order chi connectivity index (χ1) is 8.47. The molecule has 3 amide bonds. The van der Waals surface area contributed by atoms with Crippen LogP contribution in [0.5, 0.6) is 0 Å². The minimum atomic E-state index is -0.351. The highest BCUT2D eigenvalue weighted by Gasteiger charge is 2.06. The van der Waals surface area contributed by atoms with Crippen LogP contribution in [-0.4, -0.2) is 24.5 Å². The van der Waals surface area contributed by atoms with Crippen LogP contribution >= 0.6 is 15.9 Å². The van der Waals surface area contributed by atoms with Gasteiger partial charge < -0.3 is 16.0 Å². The number of rotatable bonds is 4. The van der Waals surface area contributed by atoms with Crippen LogP contribution in [0, 0.1) is 0 Å². The van der Waals surface area contributed by atoms with Crippen molar-refractivity contribution in [2.24, 2.45) is 0 Å². The number of carbonyl (C=O) groups is 2. The van der Waals surface area contributed by atoms with Crippen LogP contribution in [0.15, 0.2) is 28.7 Å². The molecule has 6 heteroatoms. The minimum Gasteiger partial charge on any atom is -0.336 e. The number of hydrogen-bond donors (Lipinski definition) is 3. The number of nitrogens with one attached hydrogen (secondary N) is 3. The third kappa shape index (κ3) is 5.67. The molecule has 0 unspecified atom stereocenters. The van der Waals surface area contributed by atoms with E-state index in [0.29, 0.717) is 5.69 Å². The molecule has 0 bridgehead atoms. The van der Waals surface area contributed by atoms with Gasteiger partial charge in [-0.05, 0) is 38.1 Å². The molecule has 18 heavy (non-hydrogen) atoms. The summed E-state index contributed by atoms with van der Waals surface area (Å²) in [4.78, 5) is 22.8. The molecule has 0 heterocycles. The Balaban J connectivity index is 2.34. The van der Waals surface area contributed by atoms with Crippen LogP contribution in [0.2, 0.25) is 0 Å². The third-order valence-corrected chi connectivity index (χ3v) is 2.49. The van der Waals surface area contributed by atoms with Crippen molar-refractivity contribution in [3.05, 3.63) is 28.7 Å². The molecule has 0 spiro atoms. The molecule has 0 aliphatic carbocycles. The van der Waals surface area contributed by atoms with Gasteiger partial charge in [0, 0.05) is 16.2 Å². The minimum absolute atomic E-state index is 0.0412. The predicted octanol–water partition coefficient (Wildman–Crippen LogP) is 2.10. The SMILES string of the molecule is CC(C)NC(=O)NCC(=O)Nc1ccc(Br)cc1. The smallest absolute Gasteiger partial charge is 0.315 e. The summed E-state index contributed by atoms with van der Waals surface area (Å²) in [6, 6.07) is 6.89. The van der Waals surface area contributed by atoms with E-state index >= 15 is 0 Å². The van der Waals surface area contributed by atoms with Crippen LogP contribution in [0.1, 0.15) is 13.8 Å². The standard InChI is InChI=1S/C12H16BrN3O2/c1-8(2)15-12(18)14-7-11(17)16-10-5-3-9(13)4-6-10/h3-6,8H,7H2,1-2H3,(H,16,17)(H2,14,15,18). The van der Waals surface area contributed by atoms with Crippen LogP contribution in [0.4, 0.5) is 10.5 Å². The van der Waals surface area contributed by atoms with Crippen molar-refractivity contribution in [2.45, 2.75) is 19.9 Å². The first-order valence-corrected chi connectivity index (χ1v) is 6.36. The Morgan fingerprint density at radius 1 is 1.22 bits per heavy atom. The molecule has 0 aliphatic heterocycles. The normalized spacial score (nSPS) is 10.0. The van der Waals surface area contributed by atoms with Gasteiger partial charge in [-0.1, -0.05) is 15.9 Å². The summed E-state index contributed by atoms with van der Waals surface area (Å²) in [6.07, 6.45) is 0. The Hall–Kier alpha value is -1.56. The quantitative estimate of drug-likeness (QED) is 0.796. The molecule has 1 aromatic rings. The number of anilines is 1. The monoisotopic (exact) mass is 313 g/mol. The Bertz CT molecular complexity index is 418. The average Bonchev–Trinajstić information content (AvgIpc) is 2.29. The summed E-state index contributed by atoms with van der Waals surface area (Å²) in [5, 5.41) is 7.78. The zero-order chi connectivity index (χ0) is 13.5. The lowest BCUT2D eigenvalue weighted by Crippen LogP contribution is -2.42. The Morgan fingerprint density at radius 3 is 2.39 bits per heavy atom. The van der Waals surface area contributed by atoms with Crippen LogP contribution in [0.25, 0.3) is 0 Å². The first-order valence-electron chi connectivity index (χ1n) is 5.57. The van der Waals surface area contributed by atoms with Crippen molar-refractivity contribution in [2.75, 3.05) is 11.9 Å². The van der Waals surface area contributed by atoms with E-state index in [1.165, 1.54) is 0 Å². The summed E-state index contributed by atoms with van der Waals surface area (Å²) in [5.41, 5.74) is 0.689. The number of urea groups is 1. The van der Waals surface area contributed by atoms with Gasteiger partial charge >= 0.3 is 6.03 Å². The summed E-state index contributed by atoms with van der Waals surface area (Å²) in [7, 11) is 0. The van der Waals surface area contributed by atoms with E-state index in [-0.39, 0.29) is 24.5 Å². The molecule has 0 aliphatic rings. The van der Waals surface area contributed by atoms with Crippen LogP contribution in [0.3, 0.4) is 0 Å². The lowest BCUT2D eigenvalue weighted by Gasteiger charge is -2.10. The second kappa shape index (κ2) is 7.00. The van der Waals surface area contributed by atoms with E-state index in [1.807, 2.05) is 26.0 Å². The Morgan fingerprint density at radius 2 is 1.83 bits per heavy atom. The molecule has 98 valence electrons. The van der Waals surface area contributed by atoms with Gasteiger partial charge in [0.1, 0.15) is 0 Å². The van der Waals surface area contributed by atoms with Gasteiger partial charge in [-0.25, -0.2) is 4.79 Å². The highest BCUT2D eigenvalue weighted by molar-refractivity contribution is 9.10. The zero-order valence-electron chi connectivity index (χ0n) is 10.3. The van der Waals surface area contributed by atoms with Gasteiger partial charge in [0.2, 0.25) is 5.91 Å². The van der Waals surface area contributed by atoms with E-state index in [0.717, 1.165) is 4.47 Å². The molecule has 3 N–H and O–H groups in total. The summed E-state index contributed by atoms with van der Waals surface area (Å²) in [5.74, 6) is -0.267. The van der Waals surface area contributed by atoms with Crippen molar-refractivity contribution in [1.82, 2.24) is 10.6 Å². The van der Waals surface area contributed by atoms with E-state index in [9.17, 15) is 9.59 Å². The predicted molar refractivity (Wildman–Crippen MR) is 74.4 cm³/mol. The van der Waals surface area contributed by atoms with Gasteiger partial charge in [0.25, 0.3) is 0 Å². The van der Waals surface area contributed by atoms with E-state index in [2.05, 4.69) is 31.9 Å². The third-order valence-electron chi connectivity index (χ3n) is 1.96. The average molecular weight is 314 g/mol. The molecule has 0 atom stereocenters. The van der Waals surface area contributed by atoms with Gasteiger partial charge in [-0.3, -0.25) is 4.79 Å². The summed E-state index contributed by atoms with van der Waals surface area (Å²) < 4.78 is 0.940. The van der Waals surface area contributed by atoms with Gasteiger partial charge in [0.15, 0.2) is 0 Å². The van der Waals surface area contributed by atoms with Crippen molar-refractivity contribution in [3.8, 4) is 0 Å². The lowest BCUT2D eigenvalue weighted by molar-refractivity contribution is -0.115. The molecule has 0 fully saturated rings. The van der Waals surface area contributed by atoms with Crippen molar-refractivity contribution in [1.29, 1.82) is 0 Å². The number of benzene rings is 1. The molecule has 0 radical (unpaired) electrons. The number of carbonyl (C=O) groups excluding carboxylic acids is 2. The molecule has 0 saturated carbocycles. The number of halogens is 1. The van der Waals surface area contributed by atoms with Crippen LogP contribution < -0.4 is 16.0 Å². The largest absolute Gasteiger partial charge is 0.336 e. The van der Waals surface area contributed by atoms with Crippen molar-refractivity contribution in [3.63, 3.8) is 0 Å². The molecular weight excluding hydrogens is 298 g/mol. The van der Waals surface area contributed by atoms with E-state index in [1.54, 1.807) is 12.1 Å². The van der Waals surface area contributed by atoms with Gasteiger partial charge in [-0.15, -0.1) is 0 Å². The topological polar surface area (TPSA) is 70.2 Å². The Labute approximate surface area is 114 Å². The molecule has 0 aromatic heterocycles. The fraction of sp³-hybridized carbons (Fsp3) is 0.333. The molecular formula is C12H16BrN3O2. The fourth-order valence-corrected chi connectivity index (χ4v) is 1.48. The molecule has 0 saturated heterocycles. The maximum absolute atomic E-state index is 11.5. The van der Waals surface area contributed by atoms with Gasteiger partial charge in [0.05, 0.1) is 6.54 Å². The van der Waals surface area contributed by atoms with E-state index < -0.39 is 0 Å². The van der Waals surface area contributed by atoms with Crippen molar-refractivity contribution >= 4 is 33.6 Å². The lowest BCUT2D eigenvalue weighted by atomic mass is 10.3. The maximum Gasteiger partial charge on any atom is 0.315 e. The summed E-state index contributed by atoms with van der Waals surface area (Å²) in [6.45, 7) is 3.64. The van der Waals surface area contributed by atoms with Crippen LogP contribution in [-0.2, 0) is 4.79 Å². The second-order valence-electron chi connectivity index (χ2n) is 4.04. The first kappa shape index (κ1) is 14.5. The summed E-state index contributed by atoms with van der Waals surface area (Å²) >= 11 is 3.31. The molecule has 5 nitrogen and oxygen atoms in total. The second-order valence-corrected chi connectivity index (χ2v) is 4.95. The molecule has 1 rings (SSSR count). The highest BCUT2D eigenvalue weighted by Crippen LogP contribution is 2.13. The number of amides is 3. The van der Waals surface area contributed by atoms with E-state index in [4.69, 9.17) is 0 Å². The fourth-order valence-electron chi connectivity index (χ4n) is 1.21. The Kier molecular flexibility index (Phi) is 5.64. The van der Waals surface area contributed by atoms with Crippen molar-refractivity contribution < 1.29 is 9.59 Å². The van der Waals surface area contributed by atoms with Gasteiger partial charge in [-0.2, -0.15) is 0 Å². The maximum atomic E-state index is 11.5. The molecule has 1 aromatic carbocycles. The number of hydrogen-bond acceptors (Lipinski definition) is 2.